The first-order chi connectivity index (χ1) is 17.2. The van der Waals surface area contributed by atoms with Crippen LogP contribution in [0.1, 0.15) is 37.7 Å². The maximum absolute atomic E-state index is 9.61. The van der Waals surface area contributed by atoms with Gasteiger partial charge >= 0.3 is 0 Å². The average Bonchev–Trinajstić information content (AvgIpc) is 3.51. The molecule has 35 heavy (non-hydrogen) atoms. The summed E-state index contributed by atoms with van der Waals surface area (Å²) in [5, 5.41) is 21.5. The van der Waals surface area contributed by atoms with Crippen LogP contribution in [0.2, 0.25) is 0 Å². The zero-order valence-corrected chi connectivity index (χ0v) is 19.5. The molecule has 3 N–H and O–H groups in total. The van der Waals surface area contributed by atoms with Crippen LogP contribution in [0, 0.1) is 11.3 Å². The van der Waals surface area contributed by atoms with Crippen molar-refractivity contribution in [2.75, 3.05) is 23.8 Å². The number of aryl methyl sites for hydroxylation is 1. The van der Waals surface area contributed by atoms with Crippen molar-refractivity contribution in [3.63, 3.8) is 0 Å². The summed E-state index contributed by atoms with van der Waals surface area (Å²) in [6.45, 7) is 0.922. The Morgan fingerprint density at radius 3 is 2.69 bits per heavy atom. The van der Waals surface area contributed by atoms with Gasteiger partial charge in [0.25, 0.3) is 0 Å². The molecule has 1 aliphatic carbocycles. The topological polar surface area (TPSA) is 126 Å². The summed E-state index contributed by atoms with van der Waals surface area (Å²) in [5.74, 6) is 2.36. The first kappa shape index (κ1) is 21.3. The second-order valence-corrected chi connectivity index (χ2v) is 8.89. The summed E-state index contributed by atoms with van der Waals surface area (Å²) < 4.78 is 13.9. The van der Waals surface area contributed by atoms with Crippen LogP contribution < -0.4 is 20.1 Å². The molecular formula is C25H26N8O2. The Balaban J connectivity index is 1.39. The number of fused-ring (bicyclic) bond motifs is 2. The van der Waals surface area contributed by atoms with E-state index < -0.39 is 0 Å². The number of nitrogens with one attached hydrogen (secondary N) is 3. The number of nitrogens with zero attached hydrogens (tertiary/aromatic N) is 5. The van der Waals surface area contributed by atoms with E-state index in [0.29, 0.717) is 59.4 Å². The molecule has 0 saturated heterocycles. The van der Waals surface area contributed by atoms with Crippen molar-refractivity contribution in [3.05, 3.63) is 36.2 Å². The van der Waals surface area contributed by atoms with E-state index in [1.165, 1.54) is 19.3 Å². The van der Waals surface area contributed by atoms with Crippen molar-refractivity contribution in [2.24, 2.45) is 7.05 Å². The molecule has 2 aliphatic rings. The molecule has 6 rings (SSSR count). The van der Waals surface area contributed by atoms with E-state index in [2.05, 4.69) is 31.8 Å². The number of benzene rings is 1. The third-order valence-corrected chi connectivity index (χ3v) is 6.63. The molecule has 1 fully saturated rings. The van der Waals surface area contributed by atoms with E-state index in [0.717, 1.165) is 29.5 Å². The van der Waals surface area contributed by atoms with Crippen LogP contribution in [0.4, 0.5) is 17.5 Å². The molecule has 10 heteroatoms. The number of anilines is 3. The lowest BCUT2D eigenvalue weighted by atomic mass is 9.95. The number of hydrogen-bond acceptors (Lipinski definition) is 8. The minimum absolute atomic E-state index is 0.332. The highest BCUT2D eigenvalue weighted by molar-refractivity contribution is 5.94. The summed E-state index contributed by atoms with van der Waals surface area (Å²) in [6.07, 6.45) is 9.27. The molecule has 0 spiro atoms. The van der Waals surface area contributed by atoms with Crippen LogP contribution in [-0.2, 0) is 7.05 Å². The van der Waals surface area contributed by atoms with Crippen molar-refractivity contribution in [1.29, 1.82) is 5.26 Å². The molecule has 0 unspecified atom stereocenters. The smallest absolute Gasteiger partial charge is 0.231 e. The van der Waals surface area contributed by atoms with E-state index in [1.807, 2.05) is 25.2 Å². The number of nitriles is 1. The van der Waals surface area contributed by atoms with Crippen molar-refractivity contribution in [2.45, 2.75) is 38.1 Å². The quantitative estimate of drug-likeness (QED) is 0.390. The number of hydrogen-bond donors (Lipinski definition) is 3. The normalized spacial score (nSPS) is 15.7. The largest absolute Gasteiger partial charge is 0.485 e. The lowest BCUT2D eigenvalue weighted by molar-refractivity contribution is 0.173. The van der Waals surface area contributed by atoms with E-state index in [-0.39, 0.29) is 0 Å². The van der Waals surface area contributed by atoms with Crippen LogP contribution in [-0.4, -0.2) is 44.0 Å². The minimum atomic E-state index is 0.332. The fourth-order valence-corrected chi connectivity index (χ4v) is 4.92. The monoisotopic (exact) mass is 470 g/mol. The van der Waals surface area contributed by atoms with Crippen molar-refractivity contribution < 1.29 is 9.47 Å². The van der Waals surface area contributed by atoms with Gasteiger partial charge in [-0.1, -0.05) is 19.3 Å². The van der Waals surface area contributed by atoms with Crippen molar-refractivity contribution in [3.8, 4) is 28.8 Å². The number of aromatic nitrogens is 5. The number of aromatic amines is 1. The zero-order valence-electron chi connectivity index (χ0n) is 19.5. The van der Waals surface area contributed by atoms with E-state index in [9.17, 15) is 5.26 Å². The van der Waals surface area contributed by atoms with Gasteiger partial charge in [-0.25, -0.2) is 0 Å². The third kappa shape index (κ3) is 3.89. The van der Waals surface area contributed by atoms with Gasteiger partial charge in [-0.3, -0.25) is 4.68 Å². The van der Waals surface area contributed by atoms with Gasteiger partial charge in [0.1, 0.15) is 30.7 Å². The Hall–Kier alpha value is -4.26. The van der Waals surface area contributed by atoms with Crippen LogP contribution in [0.3, 0.4) is 0 Å². The van der Waals surface area contributed by atoms with Crippen LogP contribution in [0.15, 0.2) is 30.6 Å². The highest BCUT2D eigenvalue weighted by atomic mass is 16.6. The average molecular weight is 471 g/mol. The Morgan fingerprint density at radius 1 is 1.09 bits per heavy atom. The molecule has 0 amide bonds. The van der Waals surface area contributed by atoms with Gasteiger partial charge in [0.05, 0.1) is 22.3 Å². The maximum Gasteiger partial charge on any atom is 0.231 e. The van der Waals surface area contributed by atoms with Gasteiger partial charge in [-0.05, 0) is 31.0 Å². The molecule has 4 heterocycles. The third-order valence-electron chi connectivity index (χ3n) is 6.63. The molecule has 0 atom stereocenters. The second-order valence-electron chi connectivity index (χ2n) is 8.89. The number of H-pyrrole nitrogens is 1. The predicted octanol–water partition coefficient (Wildman–Crippen LogP) is 4.49. The van der Waals surface area contributed by atoms with E-state index in [4.69, 9.17) is 14.5 Å². The Bertz CT molecular complexity index is 1430. The molecule has 10 nitrogen and oxygen atoms in total. The highest BCUT2D eigenvalue weighted by Crippen LogP contribution is 2.45. The lowest BCUT2D eigenvalue weighted by Crippen LogP contribution is -2.23. The van der Waals surface area contributed by atoms with Crippen molar-refractivity contribution in [1.82, 2.24) is 24.7 Å². The first-order valence-corrected chi connectivity index (χ1v) is 11.9. The molecule has 178 valence electrons. The molecule has 1 saturated carbocycles. The maximum atomic E-state index is 9.61. The van der Waals surface area contributed by atoms with Crippen molar-refractivity contribution >= 4 is 28.5 Å². The zero-order chi connectivity index (χ0) is 23.8. The molecule has 3 aromatic heterocycles. The molecule has 1 aromatic carbocycles. The van der Waals surface area contributed by atoms with Crippen LogP contribution in [0.25, 0.3) is 22.3 Å². The Morgan fingerprint density at radius 2 is 1.91 bits per heavy atom. The fraction of sp³-hybridized carbons (Fsp3) is 0.360. The standard InChI is InChI=1S/C25H26N8O2/c1-33-19(9-10-28-33)17-7-8-18(22-21(17)34-11-12-35-22)30-25-31-23-20(15(13-26)14-27-23)24(32-25)29-16-5-3-2-4-6-16/h7-10,14,16H,2-6,11-12H2,1H3,(H3,27,29,30,31,32). The summed E-state index contributed by atoms with van der Waals surface area (Å²) >= 11 is 0. The molecule has 4 aromatic rings. The minimum Gasteiger partial charge on any atom is -0.485 e. The SMILES string of the molecule is Cn1nccc1-c1ccc(Nc2nc(NC3CCCCC3)c3c(C#N)c[nH]c3n2)c2c1OCCO2. The molecule has 0 radical (unpaired) electrons. The van der Waals surface area contributed by atoms with E-state index in [1.54, 1.807) is 17.1 Å². The van der Waals surface area contributed by atoms with Gasteiger partial charge in [0.2, 0.25) is 5.95 Å². The van der Waals surface area contributed by atoms with Gasteiger partial charge in [-0.15, -0.1) is 0 Å². The number of ether oxygens (including phenoxy) is 2. The molecule has 0 bridgehead atoms. The van der Waals surface area contributed by atoms with Crippen LogP contribution >= 0.6 is 0 Å². The summed E-state index contributed by atoms with van der Waals surface area (Å²) in [5.41, 5.74) is 3.68. The Kier molecular flexibility index (Phi) is 5.37. The Labute approximate surface area is 202 Å². The summed E-state index contributed by atoms with van der Waals surface area (Å²) in [4.78, 5) is 12.6. The summed E-state index contributed by atoms with van der Waals surface area (Å²) in [6, 6.07) is 8.44. The van der Waals surface area contributed by atoms with Crippen LogP contribution in [0.5, 0.6) is 11.5 Å². The fourth-order valence-electron chi connectivity index (χ4n) is 4.92. The number of rotatable bonds is 5. The summed E-state index contributed by atoms with van der Waals surface area (Å²) in [7, 11) is 1.90. The second kappa shape index (κ2) is 8.83. The molecular weight excluding hydrogens is 444 g/mol. The molecule has 1 aliphatic heterocycles. The van der Waals surface area contributed by atoms with Gasteiger partial charge in [0.15, 0.2) is 11.5 Å². The van der Waals surface area contributed by atoms with Gasteiger partial charge < -0.3 is 25.1 Å². The van der Waals surface area contributed by atoms with Gasteiger partial charge in [-0.2, -0.15) is 20.3 Å². The predicted molar refractivity (Wildman–Crippen MR) is 132 cm³/mol. The van der Waals surface area contributed by atoms with Gasteiger partial charge in [0, 0.05) is 31.0 Å². The highest BCUT2D eigenvalue weighted by Gasteiger charge is 2.24. The first-order valence-electron chi connectivity index (χ1n) is 11.9. The lowest BCUT2D eigenvalue weighted by Gasteiger charge is -2.25. The van der Waals surface area contributed by atoms with E-state index >= 15 is 0 Å².